The average Bonchev–Trinajstić information content (AvgIpc) is 2.31. The van der Waals surface area contributed by atoms with E-state index in [4.69, 9.17) is 5.73 Å². The topological polar surface area (TPSA) is 75.4 Å². The second-order valence-corrected chi connectivity index (χ2v) is 6.37. The van der Waals surface area contributed by atoms with Crippen LogP contribution in [0.5, 0.6) is 0 Å². The Morgan fingerprint density at radius 3 is 2.42 bits per heavy atom. The Hall–Kier alpha value is -1.27. The molecule has 6 heteroatoms. The van der Waals surface area contributed by atoms with Gasteiger partial charge in [-0.15, -0.1) is 0 Å². The summed E-state index contributed by atoms with van der Waals surface area (Å²) in [6.07, 6.45) is 0. The third-order valence-electron chi connectivity index (χ3n) is 2.92. The van der Waals surface area contributed by atoms with E-state index in [1.54, 1.807) is 19.1 Å². The summed E-state index contributed by atoms with van der Waals surface area (Å²) in [4.78, 5) is 2.32. The quantitative estimate of drug-likeness (QED) is 0.782. The van der Waals surface area contributed by atoms with Gasteiger partial charge >= 0.3 is 0 Å². The summed E-state index contributed by atoms with van der Waals surface area (Å²) in [5.41, 5.74) is 7.31. The molecule has 0 aliphatic heterocycles. The lowest BCUT2D eigenvalue weighted by Gasteiger charge is -2.29. The van der Waals surface area contributed by atoms with Gasteiger partial charge in [0.2, 0.25) is 10.0 Å². The summed E-state index contributed by atoms with van der Waals surface area (Å²) in [7, 11) is -3.45. The van der Waals surface area contributed by atoms with Crippen LogP contribution in [0.15, 0.2) is 23.1 Å². The predicted octanol–water partition coefficient (Wildman–Crippen LogP) is 1.80. The van der Waals surface area contributed by atoms with E-state index in [1.807, 2.05) is 6.92 Å². The van der Waals surface area contributed by atoms with E-state index in [0.717, 1.165) is 12.2 Å². The summed E-state index contributed by atoms with van der Waals surface area (Å²) >= 11 is 0. The van der Waals surface area contributed by atoms with Crippen LogP contribution in [0.2, 0.25) is 0 Å². The van der Waals surface area contributed by atoms with Gasteiger partial charge in [-0.25, -0.2) is 13.1 Å². The number of anilines is 2. The van der Waals surface area contributed by atoms with E-state index in [1.165, 1.54) is 6.07 Å². The van der Waals surface area contributed by atoms with Gasteiger partial charge in [-0.05, 0) is 39.0 Å². The largest absolute Gasteiger partial charge is 0.397 e. The molecule has 5 nitrogen and oxygen atoms in total. The van der Waals surface area contributed by atoms with E-state index in [9.17, 15) is 8.42 Å². The third-order valence-corrected chi connectivity index (χ3v) is 4.46. The fourth-order valence-electron chi connectivity index (χ4n) is 2.03. The average molecular weight is 285 g/mol. The Morgan fingerprint density at radius 2 is 1.95 bits per heavy atom. The molecule has 0 fully saturated rings. The van der Waals surface area contributed by atoms with E-state index in [2.05, 4.69) is 23.5 Å². The molecule has 0 amide bonds. The van der Waals surface area contributed by atoms with Crippen LogP contribution < -0.4 is 15.4 Å². The minimum Gasteiger partial charge on any atom is -0.397 e. The summed E-state index contributed by atoms with van der Waals surface area (Å²) in [6, 6.07) is 5.07. The van der Waals surface area contributed by atoms with Gasteiger partial charge in [-0.3, -0.25) is 0 Å². The molecule has 0 atom stereocenters. The van der Waals surface area contributed by atoms with E-state index in [-0.39, 0.29) is 10.9 Å². The van der Waals surface area contributed by atoms with Crippen molar-refractivity contribution in [2.75, 3.05) is 23.7 Å². The molecule has 3 N–H and O–H groups in total. The molecule has 1 aromatic carbocycles. The summed E-state index contributed by atoms with van der Waals surface area (Å²) in [5.74, 6) is 0. The molecule has 0 unspecified atom stereocenters. The van der Waals surface area contributed by atoms with Crippen LogP contribution in [-0.2, 0) is 10.0 Å². The number of sulfonamides is 1. The van der Waals surface area contributed by atoms with Gasteiger partial charge in [0.15, 0.2) is 0 Å². The van der Waals surface area contributed by atoms with Crippen LogP contribution in [0.3, 0.4) is 0 Å². The fourth-order valence-corrected chi connectivity index (χ4v) is 3.09. The van der Waals surface area contributed by atoms with E-state index < -0.39 is 10.0 Å². The first-order valence-corrected chi connectivity index (χ1v) is 7.97. The zero-order valence-corrected chi connectivity index (χ0v) is 12.8. The number of nitrogen functional groups attached to an aromatic ring is 1. The Kier molecular flexibility index (Phi) is 5.20. The lowest BCUT2D eigenvalue weighted by molar-refractivity contribution is 0.584. The molecule has 0 aliphatic rings. The first kappa shape index (κ1) is 15.8. The van der Waals surface area contributed by atoms with Gasteiger partial charge in [0.05, 0.1) is 16.3 Å². The molecule has 1 aromatic rings. The maximum atomic E-state index is 12.0. The third kappa shape index (κ3) is 3.61. The first-order chi connectivity index (χ1) is 8.83. The van der Waals surface area contributed by atoms with Crippen LogP contribution in [0, 0.1) is 0 Å². The Morgan fingerprint density at radius 1 is 1.32 bits per heavy atom. The highest BCUT2D eigenvalue weighted by Gasteiger charge is 2.17. The molecule has 108 valence electrons. The van der Waals surface area contributed by atoms with Crippen molar-refractivity contribution in [3.8, 4) is 0 Å². The standard InChI is InChI=1S/C13H23N3O2S/c1-5-15-19(17,18)11-7-8-12(14)13(9-11)16(6-2)10(3)4/h7-10,15H,5-6,14H2,1-4H3. The lowest BCUT2D eigenvalue weighted by Crippen LogP contribution is -2.31. The number of nitrogens with zero attached hydrogens (tertiary/aromatic N) is 1. The number of nitrogens with one attached hydrogen (secondary N) is 1. The van der Waals surface area contributed by atoms with Crippen molar-refractivity contribution in [2.24, 2.45) is 0 Å². The molecular formula is C13H23N3O2S. The SMILES string of the molecule is CCNS(=O)(=O)c1ccc(N)c(N(CC)C(C)C)c1. The second kappa shape index (κ2) is 6.25. The Bertz CT molecular complexity index is 527. The molecular weight excluding hydrogens is 262 g/mol. The molecule has 0 bridgehead atoms. The highest BCUT2D eigenvalue weighted by Crippen LogP contribution is 2.28. The van der Waals surface area contributed by atoms with Gasteiger partial charge in [-0.2, -0.15) is 0 Å². The molecule has 1 rings (SSSR count). The van der Waals surface area contributed by atoms with Crippen molar-refractivity contribution in [3.63, 3.8) is 0 Å². The van der Waals surface area contributed by atoms with Gasteiger partial charge in [0.1, 0.15) is 0 Å². The van der Waals surface area contributed by atoms with Crippen molar-refractivity contribution >= 4 is 21.4 Å². The number of benzene rings is 1. The lowest BCUT2D eigenvalue weighted by atomic mass is 10.2. The van der Waals surface area contributed by atoms with Crippen molar-refractivity contribution < 1.29 is 8.42 Å². The van der Waals surface area contributed by atoms with E-state index in [0.29, 0.717) is 12.2 Å². The monoisotopic (exact) mass is 285 g/mol. The predicted molar refractivity (Wildman–Crippen MR) is 79.9 cm³/mol. The van der Waals surface area contributed by atoms with Crippen LogP contribution in [0.4, 0.5) is 11.4 Å². The Labute approximate surface area is 115 Å². The highest BCUT2D eigenvalue weighted by molar-refractivity contribution is 7.89. The molecule has 0 heterocycles. The summed E-state index contributed by atoms with van der Waals surface area (Å²) in [5, 5.41) is 0. The fraction of sp³-hybridized carbons (Fsp3) is 0.538. The van der Waals surface area contributed by atoms with Crippen LogP contribution >= 0.6 is 0 Å². The van der Waals surface area contributed by atoms with Crippen LogP contribution in [-0.4, -0.2) is 27.5 Å². The minimum atomic E-state index is -3.45. The van der Waals surface area contributed by atoms with Gasteiger partial charge < -0.3 is 10.6 Å². The molecule has 19 heavy (non-hydrogen) atoms. The van der Waals surface area contributed by atoms with E-state index >= 15 is 0 Å². The minimum absolute atomic E-state index is 0.248. The normalized spacial score (nSPS) is 11.8. The van der Waals surface area contributed by atoms with Crippen molar-refractivity contribution in [1.82, 2.24) is 4.72 Å². The second-order valence-electron chi connectivity index (χ2n) is 4.60. The molecule has 0 aromatic heterocycles. The van der Waals surface area contributed by atoms with Crippen LogP contribution in [0.25, 0.3) is 0 Å². The van der Waals surface area contributed by atoms with Gasteiger partial charge in [0.25, 0.3) is 0 Å². The molecule has 0 radical (unpaired) electrons. The highest BCUT2D eigenvalue weighted by atomic mass is 32.2. The first-order valence-electron chi connectivity index (χ1n) is 6.49. The molecule has 0 aliphatic carbocycles. The number of hydrogen-bond donors (Lipinski definition) is 2. The van der Waals surface area contributed by atoms with Gasteiger partial charge in [0, 0.05) is 19.1 Å². The number of nitrogens with two attached hydrogens (primary N) is 1. The zero-order chi connectivity index (χ0) is 14.6. The Balaban J connectivity index is 3.28. The molecule has 0 spiro atoms. The number of rotatable bonds is 6. The molecule has 0 saturated carbocycles. The number of hydrogen-bond acceptors (Lipinski definition) is 4. The summed E-state index contributed by atoms with van der Waals surface area (Å²) in [6.45, 7) is 9.01. The van der Waals surface area contributed by atoms with Crippen molar-refractivity contribution in [1.29, 1.82) is 0 Å². The smallest absolute Gasteiger partial charge is 0.240 e. The van der Waals surface area contributed by atoms with Gasteiger partial charge in [-0.1, -0.05) is 6.92 Å². The maximum absolute atomic E-state index is 12.0. The summed E-state index contributed by atoms with van der Waals surface area (Å²) < 4.78 is 26.5. The van der Waals surface area contributed by atoms with Crippen molar-refractivity contribution in [3.05, 3.63) is 18.2 Å². The zero-order valence-electron chi connectivity index (χ0n) is 12.0. The van der Waals surface area contributed by atoms with Crippen LogP contribution in [0.1, 0.15) is 27.7 Å². The maximum Gasteiger partial charge on any atom is 0.240 e. The molecule has 0 saturated heterocycles. The van der Waals surface area contributed by atoms with Crippen molar-refractivity contribution in [2.45, 2.75) is 38.6 Å².